The Kier molecular flexibility index (Phi) is 6.85. The molecule has 6 nitrogen and oxygen atoms in total. The van der Waals surface area contributed by atoms with Crippen LogP contribution in [-0.4, -0.2) is 45.4 Å². The first kappa shape index (κ1) is 22.6. The van der Waals surface area contributed by atoms with Gasteiger partial charge in [-0.1, -0.05) is 12.1 Å². The zero-order chi connectivity index (χ0) is 21.8. The molecule has 158 valence electrons. The maximum Gasteiger partial charge on any atom is 0.501 e. The van der Waals surface area contributed by atoms with E-state index in [4.69, 9.17) is 0 Å². The number of nitrogens with zero attached hydrogens (tertiary/aromatic N) is 1. The summed E-state index contributed by atoms with van der Waals surface area (Å²) in [5, 5.41) is 5.25. The van der Waals surface area contributed by atoms with Crippen LogP contribution in [0.15, 0.2) is 47.4 Å². The summed E-state index contributed by atoms with van der Waals surface area (Å²) in [4.78, 5) is 12.3. The maximum atomic E-state index is 13.4. The van der Waals surface area contributed by atoms with Crippen molar-refractivity contribution in [2.45, 2.75) is 16.9 Å². The van der Waals surface area contributed by atoms with E-state index in [2.05, 4.69) is 10.6 Å². The Hall–Kier alpha value is -2.66. The van der Waals surface area contributed by atoms with Crippen molar-refractivity contribution in [1.82, 2.24) is 4.90 Å². The zero-order valence-electron chi connectivity index (χ0n) is 15.5. The molecule has 0 unspecified atom stereocenters. The molecule has 0 saturated carbocycles. The van der Waals surface area contributed by atoms with E-state index in [-0.39, 0.29) is 24.7 Å². The lowest BCUT2D eigenvalue weighted by Crippen LogP contribution is -2.27. The molecule has 0 spiro atoms. The first-order valence-electron chi connectivity index (χ1n) is 8.28. The molecular weight excluding hydrogens is 414 g/mol. The van der Waals surface area contributed by atoms with Gasteiger partial charge in [-0.3, -0.25) is 4.79 Å². The molecule has 29 heavy (non-hydrogen) atoms. The van der Waals surface area contributed by atoms with Crippen molar-refractivity contribution in [1.29, 1.82) is 0 Å². The number of hydrogen-bond acceptors (Lipinski definition) is 5. The van der Waals surface area contributed by atoms with Gasteiger partial charge >= 0.3 is 5.51 Å². The van der Waals surface area contributed by atoms with E-state index in [0.717, 1.165) is 12.1 Å². The summed E-state index contributed by atoms with van der Waals surface area (Å²) in [5.74, 6) is -1.36. The third-order valence-electron chi connectivity index (χ3n) is 3.69. The van der Waals surface area contributed by atoms with Crippen LogP contribution >= 0.6 is 0 Å². The fourth-order valence-electron chi connectivity index (χ4n) is 2.43. The van der Waals surface area contributed by atoms with Crippen LogP contribution in [0.1, 0.15) is 5.56 Å². The standard InChI is InChI=1S/C18H19F4N3O3S/c1-25(2)11-17(26)24-14-5-3-4-12(8-14)10-23-15-7-6-13(19)9-16(15)29(27,28)18(20,21)22/h3-9,23H,10-11H2,1-2H3,(H,24,26). The minimum absolute atomic E-state index is 0.0522. The number of sulfone groups is 1. The summed E-state index contributed by atoms with van der Waals surface area (Å²) in [7, 11) is -2.27. The Morgan fingerprint density at radius 1 is 1.10 bits per heavy atom. The van der Waals surface area contributed by atoms with E-state index in [1.165, 1.54) is 0 Å². The maximum absolute atomic E-state index is 13.4. The molecule has 0 radical (unpaired) electrons. The third-order valence-corrected chi connectivity index (χ3v) is 5.22. The summed E-state index contributed by atoms with van der Waals surface area (Å²) in [5.41, 5.74) is -4.91. The molecule has 2 aromatic carbocycles. The Labute approximate surface area is 165 Å². The van der Waals surface area contributed by atoms with Gasteiger partial charge in [0.25, 0.3) is 9.84 Å². The highest BCUT2D eigenvalue weighted by Crippen LogP contribution is 2.35. The van der Waals surface area contributed by atoms with Gasteiger partial charge in [0.1, 0.15) is 10.7 Å². The van der Waals surface area contributed by atoms with Gasteiger partial charge in [-0.05, 0) is 50.0 Å². The van der Waals surface area contributed by atoms with Crippen molar-refractivity contribution in [2.75, 3.05) is 31.3 Å². The van der Waals surface area contributed by atoms with Gasteiger partial charge in [0.15, 0.2) is 0 Å². The van der Waals surface area contributed by atoms with Gasteiger partial charge in [-0.15, -0.1) is 0 Å². The Morgan fingerprint density at radius 2 is 1.79 bits per heavy atom. The molecule has 11 heteroatoms. The first-order chi connectivity index (χ1) is 13.4. The molecule has 0 aliphatic carbocycles. The van der Waals surface area contributed by atoms with Crippen molar-refractivity contribution in [3.8, 4) is 0 Å². The van der Waals surface area contributed by atoms with E-state index in [0.29, 0.717) is 17.3 Å². The minimum Gasteiger partial charge on any atom is -0.380 e. The number of carbonyl (C=O) groups excluding carboxylic acids is 1. The Bertz CT molecular complexity index is 992. The predicted molar refractivity (Wildman–Crippen MR) is 101 cm³/mol. The third kappa shape index (κ3) is 5.91. The summed E-state index contributed by atoms with van der Waals surface area (Å²) in [6.07, 6.45) is 0. The average Bonchev–Trinajstić information content (AvgIpc) is 2.59. The van der Waals surface area contributed by atoms with E-state index >= 15 is 0 Å². The summed E-state index contributed by atoms with van der Waals surface area (Å²) in [6.45, 7) is 0.111. The Morgan fingerprint density at radius 3 is 2.41 bits per heavy atom. The van der Waals surface area contributed by atoms with Crippen LogP contribution in [0.5, 0.6) is 0 Å². The van der Waals surface area contributed by atoms with E-state index < -0.39 is 26.1 Å². The first-order valence-corrected chi connectivity index (χ1v) is 9.77. The number of nitrogens with one attached hydrogen (secondary N) is 2. The highest BCUT2D eigenvalue weighted by Gasteiger charge is 2.48. The summed E-state index contributed by atoms with van der Waals surface area (Å²) >= 11 is 0. The number of likely N-dealkylation sites (N-methyl/N-ethyl adjacent to an activating group) is 1. The number of halogens is 4. The molecule has 0 saturated heterocycles. The van der Waals surface area contributed by atoms with Crippen LogP contribution in [-0.2, 0) is 21.2 Å². The predicted octanol–water partition coefficient (Wildman–Crippen LogP) is 3.23. The molecule has 0 atom stereocenters. The molecule has 2 rings (SSSR count). The average molecular weight is 433 g/mol. The second-order valence-electron chi connectivity index (χ2n) is 6.43. The monoisotopic (exact) mass is 433 g/mol. The SMILES string of the molecule is CN(C)CC(=O)Nc1cccc(CNc2ccc(F)cc2S(=O)(=O)C(F)(F)F)c1. The number of alkyl halides is 3. The number of anilines is 2. The van der Waals surface area contributed by atoms with Crippen LogP contribution in [0, 0.1) is 5.82 Å². The van der Waals surface area contributed by atoms with Gasteiger partial charge in [0, 0.05) is 12.2 Å². The minimum atomic E-state index is -5.73. The van der Waals surface area contributed by atoms with Gasteiger partial charge in [-0.25, -0.2) is 12.8 Å². The molecule has 0 aliphatic rings. The zero-order valence-corrected chi connectivity index (χ0v) is 16.4. The topological polar surface area (TPSA) is 78.5 Å². The fraction of sp³-hybridized carbons (Fsp3) is 0.278. The molecular formula is C18H19F4N3O3S. The number of carbonyl (C=O) groups is 1. The molecule has 0 fully saturated rings. The van der Waals surface area contributed by atoms with Gasteiger partial charge in [-0.2, -0.15) is 13.2 Å². The number of rotatable bonds is 7. The Balaban J connectivity index is 2.21. The van der Waals surface area contributed by atoms with Crippen molar-refractivity contribution in [3.05, 3.63) is 53.8 Å². The summed E-state index contributed by atoms with van der Waals surface area (Å²) < 4.78 is 75.5. The molecule has 0 heterocycles. The van der Waals surface area contributed by atoms with Gasteiger partial charge in [0.05, 0.1) is 12.2 Å². The van der Waals surface area contributed by atoms with E-state index in [1.807, 2.05) is 0 Å². The van der Waals surface area contributed by atoms with Crippen molar-refractivity contribution in [3.63, 3.8) is 0 Å². The highest BCUT2D eigenvalue weighted by molar-refractivity contribution is 7.92. The van der Waals surface area contributed by atoms with Crippen molar-refractivity contribution >= 4 is 27.1 Å². The molecule has 1 amide bonds. The fourth-order valence-corrected chi connectivity index (χ4v) is 3.38. The number of amides is 1. The quantitative estimate of drug-likeness (QED) is 0.656. The van der Waals surface area contributed by atoms with Crippen LogP contribution in [0.3, 0.4) is 0 Å². The lowest BCUT2D eigenvalue weighted by molar-refractivity contribution is -0.116. The molecule has 2 N–H and O–H groups in total. The van der Waals surface area contributed by atoms with E-state index in [9.17, 15) is 30.8 Å². The van der Waals surface area contributed by atoms with E-state index in [1.54, 1.807) is 43.3 Å². The molecule has 2 aromatic rings. The van der Waals surface area contributed by atoms with Crippen LogP contribution in [0.25, 0.3) is 0 Å². The second kappa shape index (κ2) is 8.78. The largest absolute Gasteiger partial charge is 0.501 e. The molecule has 0 bridgehead atoms. The van der Waals surface area contributed by atoms with Crippen LogP contribution < -0.4 is 10.6 Å². The van der Waals surface area contributed by atoms with Crippen molar-refractivity contribution in [2.24, 2.45) is 0 Å². The van der Waals surface area contributed by atoms with Crippen molar-refractivity contribution < 1.29 is 30.8 Å². The number of benzene rings is 2. The van der Waals surface area contributed by atoms with Crippen LogP contribution in [0.4, 0.5) is 28.9 Å². The highest BCUT2D eigenvalue weighted by atomic mass is 32.2. The van der Waals surface area contributed by atoms with Gasteiger partial charge in [0.2, 0.25) is 5.91 Å². The second-order valence-corrected chi connectivity index (χ2v) is 8.34. The molecule has 0 aliphatic heterocycles. The molecule has 0 aromatic heterocycles. The summed E-state index contributed by atoms with van der Waals surface area (Å²) in [6, 6.07) is 8.59. The smallest absolute Gasteiger partial charge is 0.380 e. The number of hydrogen-bond donors (Lipinski definition) is 2. The van der Waals surface area contributed by atoms with Crippen LogP contribution in [0.2, 0.25) is 0 Å². The normalized spacial score (nSPS) is 12.1. The van der Waals surface area contributed by atoms with Gasteiger partial charge < -0.3 is 15.5 Å². The lowest BCUT2D eigenvalue weighted by Gasteiger charge is -2.15. The lowest BCUT2D eigenvalue weighted by atomic mass is 10.2.